The molecule has 1 fully saturated rings. The molecule has 0 bridgehead atoms. The summed E-state index contributed by atoms with van der Waals surface area (Å²) in [5.41, 5.74) is -2.55. The van der Waals surface area contributed by atoms with Gasteiger partial charge in [0.05, 0.1) is 6.61 Å². The Morgan fingerprint density at radius 1 is 1.50 bits per heavy atom. The standard InChI is InChI=1S/C11H12F3NO3/c1-3-17-9(16)7-6(11(12,13)14)8(18-15-7)10(2)4-5-10/h3-5H2,1-2H3. The summed E-state index contributed by atoms with van der Waals surface area (Å²) in [7, 11) is 0. The lowest BCUT2D eigenvalue weighted by Crippen LogP contribution is -2.17. The maximum Gasteiger partial charge on any atom is 0.422 e. The molecule has 4 nitrogen and oxygen atoms in total. The summed E-state index contributed by atoms with van der Waals surface area (Å²) in [6.45, 7) is 3.14. The van der Waals surface area contributed by atoms with Gasteiger partial charge in [-0.3, -0.25) is 0 Å². The van der Waals surface area contributed by atoms with Crippen LogP contribution >= 0.6 is 0 Å². The van der Waals surface area contributed by atoms with Crippen molar-refractivity contribution >= 4 is 5.97 Å². The van der Waals surface area contributed by atoms with Gasteiger partial charge in [-0.2, -0.15) is 13.2 Å². The molecular weight excluding hydrogens is 251 g/mol. The molecular formula is C11H12F3NO3. The average Bonchev–Trinajstić information content (AvgIpc) is 2.83. The van der Waals surface area contributed by atoms with E-state index in [1.807, 2.05) is 0 Å². The minimum Gasteiger partial charge on any atom is -0.461 e. The summed E-state index contributed by atoms with van der Waals surface area (Å²) in [5, 5.41) is 3.24. The average molecular weight is 263 g/mol. The summed E-state index contributed by atoms with van der Waals surface area (Å²) in [6, 6.07) is 0. The second-order valence-corrected chi connectivity index (χ2v) is 4.51. The molecule has 7 heteroatoms. The predicted molar refractivity (Wildman–Crippen MR) is 54.0 cm³/mol. The summed E-state index contributed by atoms with van der Waals surface area (Å²) >= 11 is 0. The highest BCUT2D eigenvalue weighted by Crippen LogP contribution is 2.52. The zero-order valence-corrected chi connectivity index (χ0v) is 9.93. The molecule has 0 saturated heterocycles. The van der Waals surface area contributed by atoms with E-state index >= 15 is 0 Å². The van der Waals surface area contributed by atoms with Crippen LogP contribution in [0.4, 0.5) is 13.2 Å². The molecule has 0 unspecified atom stereocenters. The number of hydrogen-bond acceptors (Lipinski definition) is 4. The zero-order chi connectivity index (χ0) is 13.6. The summed E-state index contributed by atoms with van der Waals surface area (Å²) in [4.78, 5) is 11.4. The van der Waals surface area contributed by atoms with Crippen LogP contribution in [0.2, 0.25) is 0 Å². The number of esters is 1. The molecule has 0 radical (unpaired) electrons. The molecule has 0 N–H and O–H groups in total. The van der Waals surface area contributed by atoms with E-state index in [2.05, 4.69) is 9.89 Å². The van der Waals surface area contributed by atoms with E-state index in [4.69, 9.17) is 4.52 Å². The first-order chi connectivity index (χ1) is 8.29. The van der Waals surface area contributed by atoms with Crippen LogP contribution in [-0.2, 0) is 16.3 Å². The normalized spacial score (nSPS) is 17.6. The van der Waals surface area contributed by atoms with Gasteiger partial charge in [0.1, 0.15) is 5.56 Å². The van der Waals surface area contributed by atoms with Crippen molar-refractivity contribution in [2.45, 2.75) is 38.3 Å². The van der Waals surface area contributed by atoms with E-state index in [0.29, 0.717) is 12.8 Å². The molecule has 100 valence electrons. The van der Waals surface area contributed by atoms with E-state index in [1.165, 1.54) is 6.92 Å². The molecule has 0 spiro atoms. The van der Waals surface area contributed by atoms with Crippen molar-refractivity contribution in [1.29, 1.82) is 0 Å². The molecule has 1 aliphatic carbocycles. The molecule has 1 aromatic rings. The van der Waals surface area contributed by atoms with Crippen LogP contribution in [0, 0.1) is 0 Å². The Bertz CT molecular complexity index is 474. The summed E-state index contributed by atoms with van der Waals surface area (Å²) in [5.74, 6) is -1.37. The molecule has 18 heavy (non-hydrogen) atoms. The minimum atomic E-state index is -4.68. The van der Waals surface area contributed by atoms with E-state index in [0.717, 1.165) is 0 Å². The Morgan fingerprint density at radius 2 is 2.11 bits per heavy atom. The number of ether oxygens (including phenoxy) is 1. The molecule has 0 aromatic carbocycles. The van der Waals surface area contributed by atoms with Crippen LogP contribution in [0.25, 0.3) is 0 Å². The van der Waals surface area contributed by atoms with Crippen molar-refractivity contribution in [3.05, 3.63) is 17.0 Å². The van der Waals surface area contributed by atoms with Gasteiger partial charge in [-0.15, -0.1) is 0 Å². The SMILES string of the molecule is CCOC(=O)c1noc(C2(C)CC2)c1C(F)(F)F. The fraction of sp³-hybridized carbons (Fsp3) is 0.636. The largest absolute Gasteiger partial charge is 0.461 e. The van der Waals surface area contributed by atoms with Gasteiger partial charge in [0.25, 0.3) is 0 Å². The van der Waals surface area contributed by atoms with Gasteiger partial charge in [0, 0.05) is 5.41 Å². The Morgan fingerprint density at radius 3 is 2.56 bits per heavy atom. The number of carbonyl (C=O) groups is 1. The molecule has 1 saturated carbocycles. The van der Waals surface area contributed by atoms with Crippen LogP contribution in [0.1, 0.15) is 48.5 Å². The first-order valence-corrected chi connectivity index (χ1v) is 5.54. The van der Waals surface area contributed by atoms with Gasteiger partial charge in [-0.25, -0.2) is 4.79 Å². The van der Waals surface area contributed by atoms with Crippen molar-refractivity contribution < 1.29 is 27.2 Å². The predicted octanol–water partition coefficient (Wildman–Crippen LogP) is 2.92. The number of carbonyl (C=O) groups excluding carboxylic acids is 1. The summed E-state index contributed by atoms with van der Waals surface area (Å²) in [6.07, 6.45) is -3.50. The maximum atomic E-state index is 13.0. The lowest BCUT2D eigenvalue weighted by molar-refractivity contribution is -0.139. The number of alkyl halides is 3. The van der Waals surface area contributed by atoms with Gasteiger partial charge >= 0.3 is 12.1 Å². The zero-order valence-electron chi connectivity index (χ0n) is 9.93. The van der Waals surface area contributed by atoms with Crippen LogP contribution in [0.3, 0.4) is 0 Å². The first kappa shape index (κ1) is 12.9. The molecule has 0 amide bonds. The highest BCUT2D eigenvalue weighted by molar-refractivity contribution is 5.89. The number of nitrogens with zero attached hydrogens (tertiary/aromatic N) is 1. The van der Waals surface area contributed by atoms with Gasteiger partial charge in [-0.05, 0) is 19.8 Å². The van der Waals surface area contributed by atoms with Crippen LogP contribution in [0.15, 0.2) is 4.52 Å². The third kappa shape index (κ3) is 2.09. The number of hydrogen-bond donors (Lipinski definition) is 0. The van der Waals surface area contributed by atoms with Crippen molar-refractivity contribution in [1.82, 2.24) is 5.16 Å². The molecule has 0 atom stereocenters. The smallest absolute Gasteiger partial charge is 0.422 e. The fourth-order valence-electron chi connectivity index (χ4n) is 1.72. The van der Waals surface area contributed by atoms with E-state index in [9.17, 15) is 18.0 Å². The third-order valence-electron chi connectivity index (χ3n) is 2.99. The third-order valence-corrected chi connectivity index (χ3v) is 2.99. The lowest BCUT2D eigenvalue weighted by atomic mass is 10.0. The fourth-order valence-corrected chi connectivity index (χ4v) is 1.72. The van der Waals surface area contributed by atoms with Gasteiger partial charge in [0.2, 0.25) is 5.69 Å². The molecule has 1 aliphatic rings. The van der Waals surface area contributed by atoms with E-state index in [1.54, 1.807) is 6.92 Å². The van der Waals surface area contributed by atoms with Crippen LogP contribution in [0.5, 0.6) is 0 Å². The van der Waals surface area contributed by atoms with E-state index < -0.39 is 28.8 Å². The number of halogens is 3. The van der Waals surface area contributed by atoms with E-state index in [-0.39, 0.29) is 12.4 Å². The first-order valence-electron chi connectivity index (χ1n) is 5.54. The van der Waals surface area contributed by atoms with Crippen molar-refractivity contribution in [3.8, 4) is 0 Å². The second-order valence-electron chi connectivity index (χ2n) is 4.51. The molecule has 0 aliphatic heterocycles. The minimum absolute atomic E-state index is 0.0183. The van der Waals surface area contributed by atoms with Crippen LogP contribution in [-0.4, -0.2) is 17.7 Å². The molecule has 2 rings (SSSR count). The molecule has 1 heterocycles. The van der Waals surface area contributed by atoms with Gasteiger partial charge < -0.3 is 9.26 Å². The van der Waals surface area contributed by atoms with Crippen molar-refractivity contribution in [3.63, 3.8) is 0 Å². The molecule has 1 aromatic heterocycles. The Balaban J connectivity index is 2.48. The topological polar surface area (TPSA) is 52.3 Å². The second kappa shape index (κ2) is 4.00. The summed E-state index contributed by atoms with van der Waals surface area (Å²) < 4.78 is 48.3. The maximum absolute atomic E-state index is 13.0. The quantitative estimate of drug-likeness (QED) is 0.787. The number of aromatic nitrogens is 1. The van der Waals surface area contributed by atoms with Crippen molar-refractivity contribution in [2.75, 3.05) is 6.61 Å². The van der Waals surface area contributed by atoms with Gasteiger partial charge in [-0.1, -0.05) is 12.1 Å². The monoisotopic (exact) mass is 263 g/mol. The number of rotatable bonds is 3. The Hall–Kier alpha value is -1.53. The van der Waals surface area contributed by atoms with Crippen LogP contribution < -0.4 is 0 Å². The van der Waals surface area contributed by atoms with Crippen molar-refractivity contribution in [2.24, 2.45) is 0 Å². The Kier molecular flexibility index (Phi) is 2.87. The Labute approximate surface area is 101 Å². The lowest BCUT2D eigenvalue weighted by Gasteiger charge is -2.10. The highest BCUT2D eigenvalue weighted by Gasteiger charge is 2.52. The highest BCUT2D eigenvalue weighted by atomic mass is 19.4. The van der Waals surface area contributed by atoms with Gasteiger partial charge in [0.15, 0.2) is 5.76 Å².